The number of rotatable bonds is 6. The molecule has 0 aromatic heterocycles. The van der Waals surface area contributed by atoms with Gasteiger partial charge in [-0.15, -0.1) is 0 Å². The number of aliphatic hydroxyl groups excluding tert-OH is 1. The topological polar surface area (TPSA) is 84.9 Å². The zero-order valence-corrected chi connectivity index (χ0v) is 14.3. The molecule has 0 atom stereocenters. The fraction of sp³-hybridized carbons (Fsp3) is 0.538. The van der Waals surface area contributed by atoms with Crippen molar-refractivity contribution in [3.8, 4) is 11.5 Å². The van der Waals surface area contributed by atoms with Crippen molar-refractivity contribution in [3.63, 3.8) is 0 Å². The summed E-state index contributed by atoms with van der Waals surface area (Å²) >= 11 is 3.24. The first kappa shape index (κ1) is 16.5. The van der Waals surface area contributed by atoms with E-state index in [1.807, 2.05) is 0 Å². The van der Waals surface area contributed by atoms with Crippen LogP contribution in [0.4, 0.5) is 0 Å². The van der Waals surface area contributed by atoms with Crippen molar-refractivity contribution >= 4 is 26.0 Å². The number of benzene rings is 1. The molecule has 0 radical (unpaired) electrons. The quantitative estimate of drug-likeness (QED) is 0.784. The molecule has 0 saturated heterocycles. The highest BCUT2D eigenvalue weighted by molar-refractivity contribution is 9.10. The summed E-state index contributed by atoms with van der Waals surface area (Å²) in [6.07, 6.45) is 2.16. The molecule has 1 aliphatic rings. The molecule has 21 heavy (non-hydrogen) atoms. The van der Waals surface area contributed by atoms with Crippen molar-refractivity contribution in [2.45, 2.75) is 29.7 Å². The Balaban J connectivity index is 2.40. The van der Waals surface area contributed by atoms with E-state index in [1.165, 1.54) is 20.3 Å². The predicted octanol–water partition coefficient (Wildman–Crippen LogP) is 1.66. The largest absolute Gasteiger partial charge is 0.493 e. The Bertz CT molecular complexity index is 622. The van der Waals surface area contributed by atoms with Crippen molar-refractivity contribution in [2.24, 2.45) is 0 Å². The van der Waals surface area contributed by atoms with Crippen LogP contribution in [-0.2, 0) is 10.0 Å². The van der Waals surface area contributed by atoms with Gasteiger partial charge in [-0.25, -0.2) is 13.1 Å². The molecule has 1 fully saturated rings. The van der Waals surface area contributed by atoms with Crippen molar-refractivity contribution in [3.05, 3.63) is 16.6 Å². The molecule has 0 spiro atoms. The third kappa shape index (κ3) is 3.18. The number of sulfonamides is 1. The fourth-order valence-corrected chi connectivity index (χ4v) is 4.77. The molecule has 1 aromatic rings. The summed E-state index contributed by atoms with van der Waals surface area (Å²) in [6, 6.07) is 2.94. The van der Waals surface area contributed by atoms with Crippen LogP contribution in [-0.4, -0.2) is 39.9 Å². The van der Waals surface area contributed by atoms with Crippen LogP contribution < -0.4 is 14.2 Å². The Hall–Kier alpha value is -0.830. The first-order valence-electron chi connectivity index (χ1n) is 6.44. The number of hydrogen-bond acceptors (Lipinski definition) is 5. The van der Waals surface area contributed by atoms with Gasteiger partial charge in [-0.1, -0.05) is 0 Å². The highest BCUT2D eigenvalue weighted by Gasteiger charge is 2.40. The van der Waals surface area contributed by atoms with Gasteiger partial charge in [-0.3, -0.25) is 0 Å². The zero-order valence-electron chi connectivity index (χ0n) is 11.8. The van der Waals surface area contributed by atoms with Crippen LogP contribution in [0.25, 0.3) is 0 Å². The van der Waals surface area contributed by atoms with Crippen molar-refractivity contribution < 1.29 is 23.0 Å². The van der Waals surface area contributed by atoms with Crippen molar-refractivity contribution in [1.82, 2.24) is 4.72 Å². The summed E-state index contributed by atoms with van der Waals surface area (Å²) < 4.78 is 38.3. The second-order valence-electron chi connectivity index (χ2n) is 5.04. The average Bonchev–Trinajstić information content (AvgIpc) is 2.42. The maximum atomic E-state index is 12.5. The third-order valence-corrected chi connectivity index (χ3v) is 6.23. The van der Waals surface area contributed by atoms with Crippen LogP contribution in [0.15, 0.2) is 21.5 Å². The van der Waals surface area contributed by atoms with Crippen molar-refractivity contribution in [2.75, 3.05) is 20.8 Å². The van der Waals surface area contributed by atoms with Gasteiger partial charge in [0, 0.05) is 10.5 Å². The maximum Gasteiger partial charge on any atom is 0.242 e. The molecule has 1 aromatic carbocycles. The van der Waals surface area contributed by atoms with Crippen LogP contribution in [0.1, 0.15) is 19.3 Å². The fourth-order valence-electron chi connectivity index (χ4n) is 2.28. The number of ether oxygens (including phenoxy) is 2. The zero-order chi connectivity index (χ0) is 15.7. The van der Waals surface area contributed by atoms with E-state index < -0.39 is 15.6 Å². The van der Waals surface area contributed by atoms with Crippen LogP contribution in [0, 0.1) is 0 Å². The van der Waals surface area contributed by atoms with Gasteiger partial charge in [-0.2, -0.15) is 0 Å². The molecule has 8 heteroatoms. The van der Waals surface area contributed by atoms with E-state index in [0.29, 0.717) is 28.8 Å². The summed E-state index contributed by atoms with van der Waals surface area (Å²) in [5, 5.41) is 9.42. The molecule has 0 unspecified atom stereocenters. The Morgan fingerprint density at radius 2 is 1.86 bits per heavy atom. The minimum absolute atomic E-state index is 0.0554. The van der Waals surface area contributed by atoms with E-state index in [2.05, 4.69) is 20.7 Å². The van der Waals surface area contributed by atoms with Gasteiger partial charge in [-0.05, 0) is 41.3 Å². The maximum absolute atomic E-state index is 12.5. The van der Waals surface area contributed by atoms with Gasteiger partial charge < -0.3 is 14.6 Å². The molecule has 1 aliphatic carbocycles. The summed E-state index contributed by atoms with van der Waals surface area (Å²) in [5.74, 6) is 0.761. The normalized spacial score (nSPS) is 17.1. The average molecular weight is 380 g/mol. The molecular weight excluding hydrogens is 362 g/mol. The van der Waals surface area contributed by atoms with Gasteiger partial charge in [0.1, 0.15) is 4.90 Å². The van der Waals surface area contributed by atoms with Crippen LogP contribution in [0.5, 0.6) is 11.5 Å². The summed E-state index contributed by atoms with van der Waals surface area (Å²) in [6.45, 7) is -0.211. The number of nitrogens with one attached hydrogen (secondary N) is 1. The van der Waals surface area contributed by atoms with Gasteiger partial charge in [0.2, 0.25) is 10.0 Å². The van der Waals surface area contributed by atoms with E-state index >= 15 is 0 Å². The highest BCUT2D eigenvalue weighted by atomic mass is 79.9. The van der Waals surface area contributed by atoms with E-state index in [4.69, 9.17) is 9.47 Å². The standard InChI is InChI=1S/C13H18BrNO5S/c1-19-10-6-9(14)12(7-11(10)20-2)21(17,18)15-13(8-16)4-3-5-13/h6-7,15-16H,3-5,8H2,1-2H3. The minimum atomic E-state index is -3.77. The van der Waals surface area contributed by atoms with Crippen LogP contribution >= 0.6 is 15.9 Å². The molecule has 6 nitrogen and oxygen atoms in total. The first-order chi connectivity index (χ1) is 9.87. The SMILES string of the molecule is COc1cc(Br)c(S(=O)(=O)NC2(CO)CCC2)cc1OC. The second-order valence-corrected chi connectivity index (χ2v) is 7.54. The Kier molecular flexibility index (Phi) is 4.82. The summed E-state index contributed by atoms with van der Waals surface area (Å²) in [4.78, 5) is 0.0554. The van der Waals surface area contributed by atoms with Crippen LogP contribution in [0.2, 0.25) is 0 Å². The lowest BCUT2D eigenvalue weighted by Gasteiger charge is -2.40. The smallest absolute Gasteiger partial charge is 0.242 e. The summed E-state index contributed by atoms with van der Waals surface area (Å²) in [5.41, 5.74) is -0.745. The number of methoxy groups -OCH3 is 2. The monoisotopic (exact) mass is 379 g/mol. The second kappa shape index (κ2) is 6.12. The minimum Gasteiger partial charge on any atom is -0.493 e. The van der Waals surface area contributed by atoms with Gasteiger partial charge in [0.05, 0.1) is 26.4 Å². The lowest BCUT2D eigenvalue weighted by Crippen LogP contribution is -2.56. The molecule has 1 saturated carbocycles. The van der Waals surface area contributed by atoms with E-state index in [1.54, 1.807) is 6.07 Å². The van der Waals surface area contributed by atoms with Gasteiger partial charge in [0.15, 0.2) is 11.5 Å². The van der Waals surface area contributed by atoms with Gasteiger partial charge in [0.25, 0.3) is 0 Å². The Morgan fingerprint density at radius 1 is 1.29 bits per heavy atom. The predicted molar refractivity (Wildman–Crippen MR) is 81.2 cm³/mol. The Labute approximate surface area is 132 Å². The van der Waals surface area contributed by atoms with Crippen LogP contribution in [0.3, 0.4) is 0 Å². The van der Waals surface area contributed by atoms with Crippen molar-refractivity contribution in [1.29, 1.82) is 0 Å². The molecule has 0 heterocycles. The molecule has 2 rings (SSSR count). The van der Waals surface area contributed by atoms with E-state index in [-0.39, 0.29) is 11.5 Å². The van der Waals surface area contributed by atoms with E-state index in [0.717, 1.165) is 6.42 Å². The number of aliphatic hydroxyl groups is 1. The van der Waals surface area contributed by atoms with E-state index in [9.17, 15) is 13.5 Å². The third-order valence-electron chi connectivity index (χ3n) is 3.69. The number of hydrogen-bond donors (Lipinski definition) is 2. The molecule has 0 bridgehead atoms. The first-order valence-corrected chi connectivity index (χ1v) is 8.71. The molecule has 2 N–H and O–H groups in total. The molecule has 0 aliphatic heterocycles. The summed E-state index contributed by atoms with van der Waals surface area (Å²) in [7, 11) is -0.852. The molecule has 118 valence electrons. The Morgan fingerprint density at radius 3 is 2.29 bits per heavy atom. The van der Waals surface area contributed by atoms with Gasteiger partial charge >= 0.3 is 0 Å². The molecule has 0 amide bonds. The lowest BCUT2D eigenvalue weighted by molar-refractivity contribution is 0.110. The lowest BCUT2D eigenvalue weighted by atomic mass is 9.78. The highest BCUT2D eigenvalue weighted by Crippen LogP contribution is 2.38. The molecular formula is C13H18BrNO5S. The number of halogens is 1.